The summed E-state index contributed by atoms with van der Waals surface area (Å²) in [5.74, 6) is -0.934. The van der Waals surface area contributed by atoms with Crippen molar-refractivity contribution in [3.05, 3.63) is 88.8 Å². The molecule has 0 unspecified atom stereocenters. The van der Waals surface area contributed by atoms with E-state index in [0.29, 0.717) is 21.7 Å². The lowest BCUT2D eigenvalue weighted by Gasteiger charge is -2.02. The fraction of sp³-hybridized carbons (Fsp3) is 0. The Balaban J connectivity index is 1.56. The van der Waals surface area contributed by atoms with Gasteiger partial charge in [0.05, 0.1) is 10.9 Å². The number of carbonyl (C=O) groups is 1. The Morgan fingerprint density at radius 1 is 0.871 bits per heavy atom. The molecule has 0 aliphatic rings. The third-order valence-corrected chi connectivity index (χ3v) is 5.00. The summed E-state index contributed by atoms with van der Waals surface area (Å²) in [6.45, 7) is 0. The number of hydrogen-bond donors (Lipinski definition) is 3. The van der Waals surface area contributed by atoms with Gasteiger partial charge in [0, 0.05) is 10.8 Å². The summed E-state index contributed by atoms with van der Waals surface area (Å²) < 4.78 is 0. The number of aromatic hydroxyl groups is 1. The van der Waals surface area contributed by atoms with Gasteiger partial charge in [-0.15, -0.1) is 10.2 Å². The number of carbonyl (C=O) groups excluding carboxylic acids is 1. The van der Waals surface area contributed by atoms with Crippen molar-refractivity contribution in [1.82, 2.24) is 15.2 Å². The van der Waals surface area contributed by atoms with Crippen LogP contribution in [0.15, 0.2) is 87.8 Å². The van der Waals surface area contributed by atoms with Crippen molar-refractivity contribution in [3.63, 3.8) is 0 Å². The van der Waals surface area contributed by atoms with Gasteiger partial charge in [0.25, 0.3) is 5.56 Å². The van der Waals surface area contributed by atoms with Crippen molar-refractivity contribution in [2.45, 2.75) is 0 Å². The maximum absolute atomic E-state index is 12.7. The van der Waals surface area contributed by atoms with Crippen LogP contribution in [0.1, 0.15) is 10.5 Å². The average Bonchev–Trinajstić information content (AvgIpc) is 3.12. The van der Waals surface area contributed by atoms with E-state index < -0.39 is 11.5 Å². The van der Waals surface area contributed by atoms with Gasteiger partial charge in [0.15, 0.2) is 11.4 Å². The maximum atomic E-state index is 12.7. The Morgan fingerprint density at radius 3 is 2.42 bits per heavy atom. The molecule has 0 spiro atoms. The molecule has 0 bridgehead atoms. The topological polar surface area (TPSA) is 124 Å². The van der Waals surface area contributed by atoms with Crippen molar-refractivity contribution in [1.29, 1.82) is 0 Å². The van der Waals surface area contributed by atoms with Crippen LogP contribution in [0.3, 0.4) is 0 Å². The van der Waals surface area contributed by atoms with Gasteiger partial charge in [-0.25, -0.2) is 5.10 Å². The van der Waals surface area contributed by atoms with Crippen LogP contribution in [0.2, 0.25) is 0 Å². The normalized spacial score (nSPS) is 11.5. The highest BCUT2D eigenvalue weighted by atomic mass is 16.3. The van der Waals surface area contributed by atoms with E-state index in [2.05, 4.69) is 25.4 Å². The lowest BCUT2D eigenvalue weighted by atomic mass is 10.0. The van der Waals surface area contributed by atoms with Crippen molar-refractivity contribution in [2.24, 2.45) is 10.2 Å². The van der Waals surface area contributed by atoms with E-state index in [-0.39, 0.29) is 17.3 Å². The number of aromatic nitrogens is 3. The summed E-state index contributed by atoms with van der Waals surface area (Å²) >= 11 is 0. The minimum Gasteiger partial charge on any atom is -0.493 e. The third kappa shape index (κ3) is 3.25. The Labute approximate surface area is 174 Å². The van der Waals surface area contributed by atoms with Gasteiger partial charge in [0.1, 0.15) is 0 Å². The second kappa shape index (κ2) is 7.34. The number of nitrogens with zero attached hydrogens (tertiary/aromatic N) is 3. The van der Waals surface area contributed by atoms with Gasteiger partial charge in [0.2, 0.25) is 5.88 Å². The molecule has 3 aromatic carbocycles. The molecule has 3 N–H and O–H groups in total. The van der Waals surface area contributed by atoms with Crippen molar-refractivity contribution in [2.75, 3.05) is 0 Å². The number of nitrogens with one attached hydrogen (secondary N) is 2. The number of fused-ring (bicyclic) bond motifs is 2. The number of amides is 1. The number of rotatable bonds is 3. The Kier molecular flexibility index (Phi) is 4.37. The van der Waals surface area contributed by atoms with Crippen LogP contribution in [-0.4, -0.2) is 26.2 Å². The monoisotopic (exact) mass is 409 g/mol. The number of benzene rings is 3. The van der Waals surface area contributed by atoms with E-state index in [1.165, 1.54) is 0 Å². The van der Waals surface area contributed by atoms with Crippen LogP contribution in [0, 0.1) is 0 Å². The average molecular weight is 409 g/mol. The maximum Gasteiger partial charge on any atom is 0.316 e. The van der Waals surface area contributed by atoms with Crippen LogP contribution in [0.4, 0.5) is 5.69 Å². The smallest absolute Gasteiger partial charge is 0.316 e. The molecule has 0 aliphatic heterocycles. The van der Waals surface area contributed by atoms with E-state index in [1.54, 1.807) is 24.3 Å². The third-order valence-electron chi connectivity index (χ3n) is 5.00. The van der Waals surface area contributed by atoms with Crippen molar-refractivity contribution >= 4 is 33.3 Å². The number of hydrogen-bond acceptors (Lipinski definition) is 5. The van der Waals surface area contributed by atoms with E-state index in [9.17, 15) is 14.7 Å². The number of H-pyrrole nitrogens is 2. The van der Waals surface area contributed by atoms with Crippen LogP contribution >= 0.6 is 0 Å². The zero-order chi connectivity index (χ0) is 21.4. The summed E-state index contributed by atoms with van der Waals surface area (Å²) in [6.07, 6.45) is 0. The number of azo groups is 1. The lowest BCUT2D eigenvalue weighted by molar-refractivity contribution is 0.0991. The Hall–Kier alpha value is -4.59. The molecule has 2 aromatic heterocycles. The van der Waals surface area contributed by atoms with Crippen LogP contribution in [0.25, 0.3) is 32.8 Å². The predicted molar refractivity (Wildman–Crippen MR) is 117 cm³/mol. The van der Waals surface area contributed by atoms with Gasteiger partial charge in [-0.1, -0.05) is 54.6 Å². The largest absolute Gasteiger partial charge is 0.493 e. The molecule has 150 valence electrons. The summed E-state index contributed by atoms with van der Waals surface area (Å²) in [4.78, 5) is 27.4. The number of aromatic amines is 2. The van der Waals surface area contributed by atoms with E-state index in [1.807, 2.05) is 48.5 Å². The predicted octanol–water partition coefficient (Wildman–Crippen LogP) is 4.70. The van der Waals surface area contributed by atoms with Crippen LogP contribution < -0.4 is 5.56 Å². The molecule has 5 rings (SSSR count). The SMILES string of the molecule is O=C(N=Nc1c(O)[nH]c2ccc(-c3ccccc3)cc12)c1n[nH]c(=O)c2ccccc12. The first kappa shape index (κ1) is 18.4. The quantitative estimate of drug-likeness (QED) is 0.374. The van der Waals surface area contributed by atoms with Crippen LogP contribution in [0.5, 0.6) is 5.88 Å². The zero-order valence-electron chi connectivity index (χ0n) is 16.0. The van der Waals surface area contributed by atoms with Gasteiger partial charge in [-0.2, -0.15) is 5.10 Å². The zero-order valence-corrected chi connectivity index (χ0v) is 16.0. The molecule has 0 aliphatic carbocycles. The minimum atomic E-state index is -0.736. The van der Waals surface area contributed by atoms with Gasteiger partial charge >= 0.3 is 5.91 Å². The molecular formula is C23H15N5O3. The van der Waals surface area contributed by atoms with Gasteiger partial charge in [-0.05, 0) is 29.3 Å². The van der Waals surface area contributed by atoms with E-state index in [0.717, 1.165) is 11.1 Å². The molecule has 0 fully saturated rings. The van der Waals surface area contributed by atoms with Crippen molar-refractivity contribution < 1.29 is 9.90 Å². The first-order valence-corrected chi connectivity index (χ1v) is 9.45. The second-order valence-electron chi connectivity index (χ2n) is 6.90. The molecule has 0 atom stereocenters. The standard InChI is InChI=1S/C23H15N5O3/c29-21-16-9-5-4-8-15(16)19(25-27-21)23(31)28-26-20-17-12-14(13-6-2-1-3-7-13)10-11-18(17)24-22(20)30/h1-12,24,30H,(H,27,29). The molecule has 0 saturated carbocycles. The Morgan fingerprint density at radius 2 is 1.61 bits per heavy atom. The summed E-state index contributed by atoms with van der Waals surface area (Å²) in [7, 11) is 0. The second-order valence-corrected chi connectivity index (χ2v) is 6.90. The summed E-state index contributed by atoms with van der Waals surface area (Å²) in [5.41, 5.74) is 2.33. The fourth-order valence-corrected chi connectivity index (χ4v) is 3.50. The summed E-state index contributed by atoms with van der Waals surface area (Å²) in [5, 5.41) is 25.5. The van der Waals surface area contributed by atoms with Crippen LogP contribution in [-0.2, 0) is 0 Å². The van der Waals surface area contributed by atoms with Gasteiger partial charge < -0.3 is 10.1 Å². The van der Waals surface area contributed by atoms with E-state index >= 15 is 0 Å². The molecule has 2 heterocycles. The fourth-order valence-electron chi connectivity index (χ4n) is 3.50. The molecule has 5 aromatic rings. The molecule has 8 nitrogen and oxygen atoms in total. The van der Waals surface area contributed by atoms with Crippen molar-refractivity contribution in [3.8, 4) is 17.0 Å². The summed E-state index contributed by atoms with van der Waals surface area (Å²) in [6, 6.07) is 22.0. The highest BCUT2D eigenvalue weighted by molar-refractivity contribution is 6.05. The molecule has 31 heavy (non-hydrogen) atoms. The van der Waals surface area contributed by atoms with Gasteiger partial charge in [-0.3, -0.25) is 9.59 Å². The first-order valence-electron chi connectivity index (χ1n) is 9.45. The molecule has 0 radical (unpaired) electrons. The molecular weight excluding hydrogens is 394 g/mol. The molecule has 0 saturated heterocycles. The Bertz CT molecular complexity index is 1530. The first-order chi connectivity index (χ1) is 15.1. The molecule has 1 amide bonds. The lowest BCUT2D eigenvalue weighted by Crippen LogP contribution is -2.13. The highest BCUT2D eigenvalue weighted by Crippen LogP contribution is 2.37. The molecule has 8 heteroatoms. The van der Waals surface area contributed by atoms with E-state index in [4.69, 9.17) is 0 Å². The minimum absolute atomic E-state index is 0.0248. The highest BCUT2D eigenvalue weighted by Gasteiger charge is 2.16.